The summed E-state index contributed by atoms with van der Waals surface area (Å²) in [6.45, 7) is 0.485. The predicted molar refractivity (Wildman–Crippen MR) is 124 cm³/mol. The zero-order chi connectivity index (χ0) is 20.4. The van der Waals surface area contributed by atoms with Gasteiger partial charge in [-0.25, -0.2) is 0 Å². The number of hydrogen-bond donors (Lipinski definition) is 0. The zero-order valence-corrected chi connectivity index (χ0v) is 18.5. The molecule has 1 heterocycles. The second-order valence-corrected chi connectivity index (χ2v) is 8.50. The summed E-state index contributed by atoms with van der Waals surface area (Å²) in [6, 6.07) is 20.4. The van der Waals surface area contributed by atoms with Gasteiger partial charge in [0.25, 0.3) is 5.91 Å². The van der Waals surface area contributed by atoms with Crippen molar-refractivity contribution in [1.29, 1.82) is 0 Å². The summed E-state index contributed by atoms with van der Waals surface area (Å²) >= 11 is 4.96. The van der Waals surface area contributed by atoms with Crippen LogP contribution in [-0.4, -0.2) is 30.1 Å². The van der Waals surface area contributed by atoms with Crippen LogP contribution in [0, 0.1) is 0 Å². The molecule has 0 unspecified atom stereocenters. The molecular weight excluding hydrogens is 448 g/mol. The van der Waals surface area contributed by atoms with Crippen molar-refractivity contribution in [2.24, 2.45) is 4.99 Å². The zero-order valence-electron chi connectivity index (χ0n) is 16.1. The molecule has 0 aromatic heterocycles. The van der Waals surface area contributed by atoms with Crippen LogP contribution in [0.2, 0.25) is 0 Å². The molecule has 3 aromatic rings. The average molecular weight is 467 g/mol. The number of amides is 1. The summed E-state index contributed by atoms with van der Waals surface area (Å²) in [5.74, 6) is 0.724. The first-order valence-electron chi connectivity index (χ1n) is 9.09. The molecule has 29 heavy (non-hydrogen) atoms. The van der Waals surface area contributed by atoms with Gasteiger partial charge in [0.15, 0.2) is 5.17 Å². The van der Waals surface area contributed by atoms with Gasteiger partial charge in [0.2, 0.25) is 0 Å². The van der Waals surface area contributed by atoms with E-state index in [1.54, 1.807) is 19.0 Å². The van der Waals surface area contributed by atoms with E-state index in [-0.39, 0.29) is 5.91 Å². The Kier molecular flexibility index (Phi) is 5.74. The topological polar surface area (TPSA) is 41.9 Å². The van der Waals surface area contributed by atoms with E-state index in [0.29, 0.717) is 16.7 Å². The largest absolute Gasteiger partial charge is 0.488 e. The summed E-state index contributed by atoms with van der Waals surface area (Å²) in [5.41, 5.74) is 2.04. The molecule has 146 valence electrons. The van der Waals surface area contributed by atoms with Gasteiger partial charge in [-0.05, 0) is 73.9 Å². The van der Waals surface area contributed by atoms with Crippen LogP contribution in [0.1, 0.15) is 11.1 Å². The van der Waals surface area contributed by atoms with Gasteiger partial charge in [-0.1, -0.05) is 42.5 Å². The highest BCUT2D eigenvalue weighted by Gasteiger charge is 2.29. The van der Waals surface area contributed by atoms with Crippen LogP contribution in [0.4, 0.5) is 0 Å². The normalized spacial score (nSPS) is 16.9. The SMILES string of the molecule is CN=C1S/C(=C/c2ccc(OCc3ccc4ccccc4c3)c(Br)c2)C(=O)N1C. The highest BCUT2D eigenvalue weighted by atomic mass is 79.9. The van der Waals surface area contributed by atoms with Gasteiger partial charge in [-0.2, -0.15) is 0 Å². The molecule has 0 aliphatic carbocycles. The van der Waals surface area contributed by atoms with Crippen LogP contribution in [0.25, 0.3) is 16.8 Å². The number of aliphatic imine (C=N–C) groups is 1. The second-order valence-electron chi connectivity index (χ2n) is 6.64. The molecule has 1 amide bonds. The summed E-state index contributed by atoms with van der Waals surface area (Å²) in [6.07, 6.45) is 1.87. The van der Waals surface area contributed by atoms with Gasteiger partial charge < -0.3 is 4.74 Å². The molecule has 3 aromatic carbocycles. The van der Waals surface area contributed by atoms with Crippen molar-refractivity contribution in [2.45, 2.75) is 6.61 Å². The van der Waals surface area contributed by atoms with Crippen molar-refractivity contribution in [1.82, 2.24) is 4.90 Å². The number of thioether (sulfide) groups is 1. The number of carbonyl (C=O) groups excluding carboxylic acids is 1. The Morgan fingerprint density at radius 3 is 2.62 bits per heavy atom. The fourth-order valence-corrected chi connectivity index (χ4v) is 4.55. The highest BCUT2D eigenvalue weighted by Crippen LogP contribution is 2.33. The minimum absolute atomic E-state index is 0.0386. The van der Waals surface area contributed by atoms with E-state index in [2.05, 4.69) is 51.3 Å². The molecule has 0 saturated carbocycles. The summed E-state index contributed by atoms with van der Waals surface area (Å²) in [5, 5.41) is 3.13. The maximum Gasteiger partial charge on any atom is 0.266 e. The van der Waals surface area contributed by atoms with Crippen molar-refractivity contribution < 1.29 is 9.53 Å². The van der Waals surface area contributed by atoms with Crippen LogP contribution in [0.5, 0.6) is 5.75 Å². The predicted octanol–water partition coefficient (Wildman–Crippen LogP) is 5.71. The summed E-state index contributed by atoms with van der Waals surface area (Å²) < 4.78 is 6.85. The average Bonchev–Trinajstić information content (AvgIpc) is 3.01. The van der Waals surface area contributed by atoms with Crippen molar-refractivity contribution in [3.8, 4) is 5.75 Å². The Bertz CT molecular complexity index is 1160. The smallest absolute Gasteiger partial charge is 0.266 e. The molecule has 0 N–H and O–H groups in total. The van der Waals surface area contributed by atoms with Gasteiger partial charge in [-0.3, -0.25) is 14.7 Å². The molecular formula is C23H19BrN2O2S. The molecule has 0 radical (unpaired) electrons. The highest BCUT2D eigenvalue weighted by molar-refractivity contribution is 9.10. The Balaban J connectivity index is 1.48. The number of halogens is 1. The second kappa shape index (κ2) is 8.43. The summed E-state index contributed by atoms with van der Waals surface area (Å²) in [4.78, 5) is 18.7. The third-order valence-corrected chi connectivity index (χ3v) is 6.43. The van der Waals surface area contributed by atoms with E-state index < -0.39 is 0 Å². The van der Waals surface area contributed by atoms with Crippen LogP contribution >= 0.6 is 27.7 Å². The molecule has 4 rings (SSSR count). The molecule has 1 aliphatic heterocycles. The lowest BCUT2D eigenvalue weighted by molar-refractivity contribution is -0.121. The van der Waals surface area contributed by atoms with E-state index in [4.69, 9.17) is 4.74 Å². The molecule has 1 fully saturated rings. The maximum absolute atomic E-state index is 12.3. The third-order valence-electron chi connectivity index (χ3n) is 4.66. The van der Waals surface area contributed by atoms with Crippen molar-refractivity contribution >= 4 is 55.6 Å². The monoisotopic (exact) mass is 466 g/mol. The van der Waals surface area contributed by atoms with Crippen LogP contribution < -0.4 is 4.74 Å². The van der Waals surface area contributed by atoms with Crippen LogP contribution in [0.15, 0.2) is 75.0 Å². The molecule has 0 bridgehead atoms. The lowest BCUT2D eigenvalue weighted by Crippen LogP contribution is -2.23. The maximum atomic E-state index is 12.3. The first-order chi connectivity index (χ1) is 14.0. The molecule has 0 atom stereocenters. The lowest BCUT2D eigenvalue weighted by Gasteiger charge is -2.10. The van der Waals surface area contributed by atoms with E-state index in [1.165, 1.54) is 22.5 Å². The standard InChI is InChI=1S/C23H19BrN2O2S/c1-25-23-26(2)22(27)21(29-23)13-15-8-10-20(19(24)12-15)28-14-16-7-9-17-5-3-4-6-18(17)11-16/h3-13H,14H2,1-2H3/b21-13+,25-23?. The van der Waals surface area contributed by atoms with Crippen LogP contribution in [0.3, 0.4) is 0 Å². The third kappa shape index (κ3) is 4.23. The molecule has 4 nitrogen and oxygen atoms in total. The Morgan fingerprint density at radius 1 is 1.10 bits per heavy atom. The van der Waals surface area contributed by atoms with Crippen molar-refractivity contribution in [3.63, 3.8) is 0 Å². The molecule has 1 aliphatic rings. The number of nitrogens with zero attached hydrogens (tertiary/aromatic N) is 2. The molecule has 1 saturated heterocycles. The van der Waals surface area contributed by atoms with Gasteiger partial charge in [0.1, 0.15) is 12.4 Å². The van der Waals surface area contributed by atoms with Crippen molar-refractivity contribution in [3.05, 3.63) is 81.2 Å². The number of carbonyl (C=O) groups is 1. The quantitative estimate of drug-likeness (QED) is 0.462. The number of fused-ring (bicyclic) bond motifs is 1. The minimum atomic E-state index is -0.0386. The number of hydrogen-bond acceptors (Lipinski definition) is 4. The van der Waals surface area contributed by atoms with Gasteiger partial charge in [0.05, 0.1) is 9.38 Å². The fraction of sp³-hybridized carbons (Fsp3) is 0.130. The van der Waals surface area contributed by atoms with E-state index in [1.807, 2.05) is 36.4 Å². The van der Waals surface area contributed by atoms with E-state index in [9.17, 15) is 4.79 Å². The summed E-state index contributed by atoms with van der Waals surface area (Å²) in [7, 11) is 3.42. The lowest BCUT2D eigenvalue weighted by atomic mass is 10.1. The Labute approximate surface area is 182 Å². The van der Waals surface area contributed by atoms with Gasteiger partial charge in [-0.15, -0.1) is 0 Å². The fourth-order valence-electron chi connectivity index (χ4n) is 3.11. The van der Waals surface area contributed by atoms with Crippen molar-refractivity contribution in [2.75, 3.05) is 14.1 Å². The number of likely N-dealkylation sites (N-methyl/N-ethyl adjacent to an activating group) is 1. The number of amidine groups is 1. The minimum Gasteiger partial charge on any atom is -0.488 e. The van der Waals surface area contributed by atoms with E-state index >= 15 is 0 Å². The Hall–Kier alpha value is -2.57. The van der Waals surface area contributed by atoms with Gasteiger partial charge in [0, 0.05) is 14.1 Å². The van der Waals surface area contributed by atoms with Crippen LogP contribution in [-0.2, 0) is 11.4 Å². The number of ether oxygens (including phenoxy) is 1. The first kappa shape index (κ1) is 19.7. The first-order valence-corrected chi connectivity index (χ1v) is 10.7. The number of rotatable bonds is 4. The van der Waals surface area contributed by atoms with Gasteiger partial charge >= 0.3 is 0 Å². The molecule has 6 heteroatoms. The van der Waals surface area contributed by atoms with E-state index in [0.717, 1.165) is 21.3 Å². The Morgan fingerprint density at radius 2 is 1.90 bits per heavy atom. The number of benzene rings is 3. The molecule has 0 spiro atoms.